The van der Waals surface area contributed by atoms with E-state index in [2.05, 4.69) is 0 Å². The summed E-state index contributed by atoms with van der Waals surface area (Å²) >= 11 is 1.38. The summed E-state index contributed by atoms with van der Waals surface area (Å²) in [7, 11) is 1.56. The largest absolute Gasteiger partial charge is 0.493 e. The van der Waals surface area contributed by atoms with E-state index >= 15 is 0 Å². The van der Waals surface area contributed by atoms with E-state index in [0.717, 1.165) is 11.1 Å². The van der Waals surface area contributed by atoms with Gasteiger partial charge in [-0.2, -0.15) is 0 Å². The van der Waals surface area contributed by atoms with Crippen LogP contribution in [-0.2, 0) is 0 Å². The van der Waals surface area contributed by atoms with Gasteiger partial charge in [-0.05, 0) is 48.6 Å². The molecule has 0 unspecified atom stereocenters. The maximum atomic E-state index is 12.0. The van der Waals surface area contributed by atoms with Crippen molar-refractivity contribution in [1.29, 1.82) is 0 Å². The molecule has 0 radical (unpaired) electrons. The number of carbonyl (C=O) groups is 1. The number of aryl methyl sites for hydroxylation is 2. The summed E-state index contributed by atoms with van der Waals surface area (Å²) in [5, 5.41) is 1.87. The highest BCUT2D eigenvalue weighted by atomic mass is 32.1. The van der Waals surface area contributed by atoms with E-state index in [-0.39, 0.29) is 5.97 Å². The Morgan fingerprint density at radius 3 is 2.56 bits per heavy atom. The third-order valence-corrected chi connectivity index (χ3v) is 3.57. The first kappa shape index (κ1) is 12.6. The minimum Gasteiger partial charge on any atom is -0.493 e. The van der Waals surface area contributed by atoms with E-state index in [0.29, 0.717) is 16.4 Å². The lowest BCUT2D eigenvalue weighted by atomic mass is 10.2. The standard InChI is InChI=1S/C14H14O3S/c1-9-4-5-11(12(8-9)16-3)17-14(15)13-10(2)6-7-18-13/h4-8H,1-3H3. The molecule has 0 saturated heterocycles. The Labute approximate surface area is 110 Å². The van der Waals surface area contributed by atoms with Crippen LogP contribution in [0.25, 0.3) is 0 Å². The van der Waals surface area contributed by atoms with Crippen molar-refractivity contribution in [3.8, 4) is 11.5 Å². The molecule has 18 heavy (non-hydrogen) atoms. The van der Waals surface area contributed by atoms with Gasteiger partial charge < -0.3 is 9.47 Å². The highest BCUT2D eigenvalue weighted by Gasteiger charge is 2.15. The fourth-order valence-corrected chi connectivity index (χ4v) is 2.39. The minimum absolute atomic E-state index is 0.343. The van der Waals surface area contributed by atoms with Crippen molar-refractivity contribution in [2.75, 3.05) is 7.11 Å². The average molecular weight is 262 g/mol. The molecular formula is C14H14O3S. The topological polar surface area (TPSA) is 35.5 Å². The number of benzene rings is 1. The maximum absolute atomic E-state index is 12.0. The monoisotopic (exact) mass is 262 g/mol. The zero-order valence-corrected chi connectivity index (χ0v) is 11.3. The van der Waals surface area contributed by atoms with Gasteiger partial charge in [0.25, 0.3) is 0 Å². The van der Waals surface area contributed by atoms with Crippen molar-refractivity contribution >= 4 is 17.3 Å². The highest BCUT2D eigenvalue weighted by molar-refractivity contribution is 7.12. The van der Waals surface area contributed by atoms with Crippen LogP contribution in [0, 0.1) is 13.8 Å². The summed E-state index contributed by atoms with van der Waals surface area (Å²) in [5.74, 6) is 0.670. The summed E-state index contributed by atoms with van der Waals surface area (Å²) in [5.41, 5.74) is 1.98. The predicted molar refractivity (Wildman–Crippen MR) is 71.7 cm³/mol. The molecule has 0 aliphatic heterocycles. The van der Waals surface area contributed by atoms with Crippen LogP contribution in [0.1, 0.15) is 20.8 Å². The van der Waals surface area contributed by atoms with Gasteiger partial charge in [0.2, 0.25) is 0 Å². The molecule has 0 saturated carbocycles. The summed E-state index contributed by atoms with van der Waals surface area (Å²) in [6, 6.07) is 7.36. The number of esters is 1. The summed E-state index contributed by atoms with van der Waals surface area (Å²) in [4.78, 5) is 12.6. The smallest absolute Gasteiger partial charge is 0.354 e. The van der Waals surface area contributed by atoms with Crippen LogP contribution >= 0.6 is 11.3 Å². The molecular weight excluding hydrogens is 248 g/mol. The molecule has 0 aliphatic carbocycles. The maximum Gasteiger partial charge on any atom is 0.354 e. The molecule has 0 spiro atoms. The number of hydrogen-bond donors (Lipinski definition) is 0. The van der Waals surface area contributed by atoms with E-state index in [1.807, 2.05) is 37.4 Å². The van der Waals surface area contributed by atoms with Gasteiger partial charge in [0.05, 0.1) is 7.11 Å². The second-order valence-corrected chi connectivity index (χ2v) is 4.89. The van der Waals surface area contributed by atoms with Crippen LogP contribution in [-0.4, -0.2) is 13.1 Å². The number of rotatable bonds is 3. The summed E-state index contributed by atoms with van der Waals surface area (Å²) in [6.45, 7) is 3.84. The first-order valence-corrected chi connectivity index (χ1v) is 6.40. The molecule has 0 bridgehead atoms. The first-order chi connectivity index (χ1) is 8.61. The number of hydrogen-bond acceptors (Lipinski definition) is 4. The van der Waals surface area contributed by atoms with Gasteiger partial charge >= 0.3 is 5.97 Å². The second-order valence-electron chi connectivity index (χ2n) is 3.98. The number of thiophene rings is 1. The van der Waals surface area contributed by atoms with Crippen molar-refractivity contribution in [2.24, 2.45) is 0 Å². The van der Waals surface area contributed by atoms with Crippen molar-refractivity contribution in [2.45, 2.75) is 13.8 Å². The van der Waals surface area contributed by atoms with E-state index < -0.39 is 0 Å². The van der Waals surface area contributed by atoms with E-state index in [1.54, 1.807) is 13.2 Å². The Hall–Kier alpha value is -1.81. The van der Waals surface area contributed by atoms with Crippen LogP contribution in [0.5, 0.6) is 11.5 Å². The molecule has 2 aromatic rings. The lowest BCUT2D eigenvalue weighted by Gasteiger charge is -2.09. The van der Waals surface area contributed by atoms with Crippen molar-refractivity contribution in [1.82, 2.24) is 0 Å². The Balaban J connectivity index is 2.24. The van der Waals surface area contributed by atoms with Gasteiger partial charge in [-0.25, -0.2) is 4.79 Å². The molecule has 0 amide bonds. The van der Waals surface area contributed by atoms with Gasteiger partial charge in [0, 0.05) is 0 Å². The Morgan fingerprint density at radius 1 is 1.17 bits per heavy atom. The zero-order valence-electron chi connectivity index (χ0n) is 10.5. The van der Waals surface area contributed by atoms with Gasteiger partial charge in [0.15, 0.2) is 11.5 Å². The van der Waals surface area contributed by atoms with Crippen LogP contribution in [0.15, 0.2) is 29.6 Å². The zero-order chi connectivity index (χ0) is 13.1. The van der Waals surface area contributed by atoms with Crippen LogP contribution in [0.3, 0.4) is 0 Å². The third-order valence-electron chi connectivity index (χ3n) is 2.57. The van der Waals surface area contributed by atoms with Crippen molar-refractivity contribution in [3.05, 3.63) is 45.6 Å². The quantitative estimate of drug-likeness (QED) is 0.626. The highest BCUT2D eigenvalue weighted by Crippen LogP contribution is 2.29. The SMILES string of the molecule is COc1cc(C)ccc1OC(=O)c1sccc1C. The minimum atomic E-state index is -0.343. The summed E-state index contributed by atoms with van der Waals surface area (Å²) < 4.78 is 10.6. The van der Waals surface area contributed by atoms with Gasteiger partial charge in [0.1, 0.15) is 4.88 Å². The molecule has 0 fully saturated rings. The Bertz CT molecular complexity index is 572. The second kappa shape index (κ2) is 5.23. The fourth-order valence-electron chi connectivity index (χ4n) is 1.59. The Morgan fingerprint density at radius 2 is 1.94 bits per heavy atom. The lowest BCUT2D eigenvalue weighted by Crippen LogP contribution is -2.08. The van der Waals surface area contributed by atoms with Crippen molar-refractivity contribution in [3.63, 3.8) is 0 Å². The number of carbonyl (C=O) groups excluding carboxylic acids is 1. The predicted octanol–water partition coefficient (Wildman–Crippen LogP) is 3.59. The molecule has 0 atom stereocenters. The summed E-state index contributed by atoms with van der Waals surface area (Å²) in [6.07, 6.45) is 0. The van der Waals surface area contributed by atoms with Gasteiger partial charge in [-0.1, -0.05) is 6.07 Å². The van der Waals surface area contributed by atoms with E-state index in [1.165, 1.54) is 11.3 Å². The first-order valence-electron chi connectivity index (χ1n) is 5.52. The van der Waals surface area contributed by atoms with Gasteiger partial charge in [-0.15, -0.1) is 11.3 Å². The van der Waals surface area contributed by atoms with Crippen LogP contribution < -0.4 is 9.47 Å². The Kier molecular flexibility index (Phi) is 3.67. The van der Waals surface area contributed by atoms with Crippen LogP contribution in [0.4, 0.5) is 0 Å². The van der Waals surface area contributed by atoms with E-state index in [9.17, 15) is 4.79 Å². The van der Waals surface area contributed by atoms with Crippen molar-refractivity contribution < 1.29 is 14.3 Å². The third kappa shape index (κ3) is 2.54. The molecule has 3 nitrogen and oxygen atoms in total. The molecule has 94 valence electrons. The lowest BCUT2D eigenvalue weighted by molar-refractivity contribution is 0.0734. The van der Waals surface area contributed by atoms with Crippen LogP contribution in [0.2, 0.25) is 0 Å². The molecule has 1 heterocycles. The molecule has 4 heteroatoms. The molecule has 0 N–H and O–H groups in total. The normalized spacial score (nSPS) is 10.2. The molecule has 2 rings (SSSR count). The molecule has 1 aromatic heterocycles. The number of methoxy groups -OCH3 is 1. The van der Waals surface area contributed by atoms with E-state index in [4.69, 9.17) is 9.47 Å². The number of ether oxygens (including phenoxy) is 2. The molecule has 0 aliphatic rings. The van der Waals surface area contributed by atoms with Gasteiger partial charge in [-0.3, -0.25) is 0 Å². The fraction of sp³-hybridized carbons (Fsp3) is 0.214. The average Bonchev–Trinajstić information content (AvgIpc) is 2.77. The molecule has 1 aromatic carbocycles.